The van der Waals surface area contributed by atoms with E-state index < -0.39 is 0 Å². The van der Waals surface area contributed by atoms with Crippen molar-refractivity contribution in [2.45, 2.75) is 20.0 Å². The van der Waals surface area contributed by atoms with E-state index in [1.54, 1.807) is 18.3 Å². The largest absolute Gasteiger partial charge is 0.460 e. The minimum absolute atomic E-state index is 0.200. The van der Waals surface area contributed by atoms with E-state index in [9.17, 15) is 4.79 Å². The molecule has 0 radical (unpaired) electrons. The molecule has 0 aliphatic carbocycles. The summed E-state index contributed by atoms with van der Waals surface area (Å²) in [5.74, 6) is -0.296. The van der Waals surface area contributed by atoms with Crippen LogP contribution >= 0.6 is 22.9 Å². The number of hydrogen-bond acceptors (Lipinski definition) is 5. The first-order chi connectivity index (χ1) is 8.63. The molecule has 6 heteroatoms. The third-order valence-electron chi connectivity index (χ3n) is 2.18. The number of rotatable bonds is 4. The van der Waals surface area contributed by atoms with Crippen molar-refractivity contribution in [3.63, 3.8) is 0 Å². The predicted molar refractivity (Wildman–Crippen MR) is 69.6 cm³/mol. The van der Waals surface area contributed by atoms with E-state index in [0.29, 0.717) is 5.15 Å². The Morgan fingerprint density at radius 1 is 1.50 bits per heavy atom. The smallest absolute Gasteiger partial charge is 0.312 e. The fourth-order valence-corrected chi connectivity index (χ4v) is 2.07. The number of pyridine rings is 1. The summed E-state index contributed by atoms with van der Waals surface area (Å²) in [6.07, 6.45) is 1.79. The second kappa shape index (κ2) is 5.93. The SMILES string of the molecule is Cc1nc(CC(=O)OCc2ccc(Cl)nc2)cs1. The lowest BCUT2D eigenvalue weighted by molar-refractivity contribution is -0.144. The molecule has 2 rings (SSSR count). The molecule has 94 valence electrons. The molecule has 0 bridgehead atoms. The van der Waals surface area contributed by atoms with Crippen molar-refractivity contribution in [2.75, 3.05) is 0 Å². The van der Waals surface area contributed by atoms with E-state index in [4.69, 9.17) is 16.3 Å². The number of aryl methyl sites for hydroxylation is 1. The van der Waals surface area contributed by atoms with Crippen LogP contribution in [0.5, 0.6) is 0 Å². The molecule has 0 saturated carbocycles. The van der Waals surface area contributed by atoms with Crippen LogP contribution in [0.15, 0.2) is 23.7 Å². The van der Waals surface area contributed by atoms with Gasteiger partial charge in [-0.15, -0.1) is 11.3 Å². The zero-order valence-electron chi connectivity index (χ0n) is 9.72. The van der Waals surface area contributed by atoms with E-state index in [2.05, 4.69) is 9.97 Å². The number of hydrogen-bond donors (Lipinski definition) is 0. The predicted octanol–water partition coefficient (Wildman–Crippen LogP) is 2.79. The summed E-state index contributed by atoms with van der Waals surface area (Å²) in [6, 6.07) is 3.43. The van der Waals surface area contributed by atoms with Gasteiger partial charge in [0.25, 0.3) is 0 Å². The first-order valence-corrected chi connectivity index (χ1v) is 6.56. The van der Waals surface area contributed by atoms with Gasteiger partial charge in [0.2, 0.25) is 0 Å². The normalized spacial score (nSPS) is 10.3. The van der Waals surface area contributed by atoms with Gasteiger partial charge in [0.1, 0.15) is 11.8 Å². The Kier molecular flexibility index (Phi) is 4.28. The number of aromatic nitrogens is 2. The molecule has 2 aromatic heterocycles. The van der Waals surface area contributed by atoms with Crippen molar-refractivity contribution in [3.05, 3.63) is 45.1 Å². The first-order valence-electron chi connectivity index (χ1n) is 5.30. The van der Waals surface area contributed by atoms with E-state index >= 15 is 0 Å². The van der Waals surface area contributed by atoms with Gasteiger partial charge in [0, 0.05) is 17.1 Å². The Morgan fingerprint density at radius 3 is 2.94 bits per heavy atom. The van der Waals surface area contributed by atoms with Crippen molar-refractivity contribution < 1.29 is 9.53 Å². The highest BCUT2D eigenvalue weighted by Gasteiger charge is 2.08. The highest BCUT2D eigenvalue weighted by Crippen LogP contribution is 2.10. The zero-order chi connectivity index (χ0) is 13.0. The average Bonchev–Trinajstić information content (AvgIpc) is 2.74. The summed E-state index contributed by atoms with van der Waals surface area (Å²) in [4.78, 5) is 19.7. The quantitative estimate of drug-likeness (QED) is 0.639. The third-order valence-corrected chi connectivity index (χ3v) is 3.23. The van der Waals surface area contributed by atoms with Crippen LogP contribution < -0.4 is 0 Å². The van der Waals surface area contributed by atoms with Crippen LogP contribution in [0.2, 0.25) is 5.15 Å². The summed E-state index contributed by atoms with van der Waals surface area (Å²) in [6.45, 7) is 2.10. The summed E-state index contributed by atoms with van der Waals surface area (Å²) < 4.78 is 5.12. The number of thiazole rings is 1. The van der Waals surface area contributed by atoms with Gasteiger partial charge in [0.05, 0.1) is 17.1 Å². The van der Waals surface area contributed by atoms with Gasteiger partial charge in [-0.2, -0.15) is 0 Å². The molecule has 18 heavy (non-hydrogen) atoms. The van der Waals surface area contributed by atoms with Crippen LogP contribution in [-0.2, 0) is 22.6 Å². The third kappa shape index (κ3) is 3.78. The van der Waals surface area contributed by atoms with E-state index in [1.165, 1.54) is 11.3 Å². The molecule has 0 aromatic carbocycles. The monoisotopic (exact) mass is 282 g/mol. The Morgan fingerprint density at radius 2 is 2.33 bits per heavy atom. The molecule has 0 saturated heterocycles. The molecule has 0 unspecified atom stereocenters. The summed E-state index contributed by atoms with van der Waals surface area (Å²) in [5.41, 5.74) is 1.55. The van der Waals surface area contributed by atoms with E-state index in [0.717, 1.165) is 16.3 Å². The van der Waals surface area contributed by atoms with Crippen molar-refractivity contribution in [1.29, 1.82) is 0 Å². The van der Waals surface area contributed by atoms with E-state index in [-0.39, 0.29) is 19.0 Å². The lowest BCUT2D eigenvalue weighted by Crippen LogP contribution is -2.08. The molecule has 0 aliphatic heterocycles. The minimum atomic E-state index is -0.296. The topological polar surface area (TPSA) is 52.1 Å². The molecule has 0 fully saturated rings. The highest BCUT2D eigenvalue weighted by atomic mass is 35.5. The van der Waals surface area contributed by atoms with Gasteiger partial charge >= 0.3 is 5.97 Å². The van der Waals surface area contributed by atoms with Crippen LogP contribution in [0.4, 0.5) is 0 Å². The number of halogens is 1. The highest BCUT2D eigenvalue weighted by molar-refractivity contribution is 7.09. The number of esters is 1. The molecule has 4 nitrogen and oxygen atoms in total. The lowest BCUT2D eigenvalue weighted by Gasteiger charge is -2.03. The fraction of sp³-hybridized carbons (Fsp3) is 0.250. The molecular formula is C12H11ClN2O2S. The van der Waals surface area contributed by atoms with Gasteiger partial charge in [-0.05, 0) is 13.0 Å². The van der Waals surface area contributed by atoms with Crippen LogP contribution in [0.1, 0.15) is 16.3 Å². The minimum Gasteiger partial charge on any atom is -0.460 e. The number of ether oxygens (including phenoxy) is 1. The molecule has 0 aliphatic rings. The molecule has 2 aromatic rings. The van der Waals surface area contributed by atoms with Gasteiger partial charge in [-0.25, -0.2) is 9.97 Å². The molecular weight excluding hydrogens is 272 g/mol. The number of carbonyl (C=O) groups excluding carboxylic acids is 1. The van der Waals surface area contributed by atoms with Crippen molar-refractivity contribution in [1.82, 2.24) is 9.97 Å². The maximum atomic E-state index is 11.6. The summed E-state index contributed by atoms with van der Waals surface area (Å²) in [5, 5.41) is 3.23. The maximum Gasteiger partial charge on any atom is 0.312 e. The average molecular weight is 283 g/mol. The standard InChI is InChI=1S/C12H11ClN2O2S/c1-8-15-10(7-18-8)4-12(16)17-6-9-2-3-11(13)14-5-9/h2-3,5,7H,4,6H2,1H3. The number of nitrogens with zero attached hydrogens (tertiary/aromatic N) is 2. The Bertz CT molecular complexity index is 539. The number of carbonyl (C=O) groups is 1. The van der Waals surface area contributed by atoms with Crippen LogP contribution in [-0.4, -0.2) is 15.9 Å². The van der Waals surface area contributed by atoms with Crippen LogP contribution in [0.25, 0.3) is 0 Å². The molecule has 0 N–H and O–H groups in total. The molecule has 0 atom stereocenters. The van der Waals surface area contributed by atoms with Crippen LogP contribution in [0.3, 0.4) is 0 Å². The van der Waals surface area contributed by atoms with Crippen LogP contribution in [0, 0.1) is 6.92 Å². The van der Waals surface area contributed by atoms with Gasteiger partial charge < -0.3 is 4.74 Å². The summed E-state index contributed by atoms with van der Waals surface area (Å²) in [7, 11) is 0. The Hall–Kier alpha value is -1.46. The first kappa shape index (κ1) is 13.0. The Labute approximate surface area is 114 Å². The zero-order valence-corrected chi connectivity index (χ0v) is 11.3. The molecule has 0 spiro atoms. The molecule has 0 amide bonds. The summed E-state index contributed by atoms with van der Waals surface area (Å²) >= 11 is 7.18. The van der Waals surface area contributed by atoms with Gasteiger partial charge in [-0.1, -0.05) is 17.7 Å². The van der Waals surface area contributed by atoms with Gasteiger partial charge in [-0.3, -0.25) is 4.79 Å². The van der Waals surface area contributed by atoms with Crippen molar-refractivity contribution >= 4 is 28.9 Å². The molecule has 2 heterocycles. The second-order valence-corrected chi connectivity index (χ2v) is 5.13. The Balaban J connectivity index is 1.83. The van der Waals surface area contributed by atoms with Crippen molar-refractivity contribution in [2.24, 2.45) is 0 Å². The van der Waals surface area contributed by atoms with E-state index in [1.807, 2.05) is 12.3 Å². The van der Waals surface area contributed by atoms with Crippen molar-refractivity contribution in [3.8, 4) is 0 Å². The maximum absolute atomic E-state index is 11.6. The second-order valence-electron chi connectivity index (χ2n) is 3.68. The fourth-order valence-electron chi connectivity index (χ4n) is 1.34. The van der Waals surface area contributed by atoms with Gasteiger partial charge in [0.15, 0.2) is 0 Å². The lowest BCUT2D eigenvalue weighted by atomic mass is 10.3.